The van der Waals surface area contributed by atoms with E-state index in [4.69, 9.17) is 9.47 Å². The largest absolute Gasteiger partial charge is 0.466 e. The van der Waals surface area contributed by atoms with Gasteiger partial charge in [-0.05, 0) is 14.0 Å². The Balaban J connectivity index is 3.62. The Labute approximate surface area is 91.0 Å². The van der Waals surface area contributed by atoms with Crippen LogP contribution in [0.25, 0.3) is 0 Å². The summed E-state index contributed by atoms with van der Waals surface area (Å²) in [7, 11) is 3.50. The van der Waals surface area contributed by atoms with Gasteiger partial charge in [0.05, 0.1) is 25.7 Å². The highest BCUT2D eigenvalue weighted by Crippen LogP contribution is 1.97. The number of hydrogen-bond donors (Lipinski definition) is 1. The van der Waals surface area contributed by atoms with Crippen LogP contribution in [0.2, 0.25) is 0 Å². The number of carbonyl (C=O) groups is 1. The minimum atomic E-state index is -0.675. The number of rotatable bonds is 8. The van der Waals surface area contributed by atoms with Crippen molar-refractivity contribution in [3.05, 3.63) is 0 Å². The first-order chi connectivity index (χ1) is 7.10. The quantitative estimate of drug-likeness (QED) is 0.577. The lowest BCUT2D eigenvalue weighted by Gasteiger charge is -2.19. The van der Waals surface area contributed by atoms with Crippen LogP contribution in [0.15, 0.2) is 0 Å². The molecule has 5 heteroatoms. The third kappa shape index (κ3) is 8.35. The molecule has 0 aliphatic heterocycles. The summed E-state index contributed by atoms with van der Waals surface area (Å²) in [6.07, 6.45) is -0.628. The van der Waals surface area contributed by atoms with Crippen LogP contribution < -0.4 is 0 Å². The fraction of sp³-hybridized carbons (Fsp3) is 0.900. The number of carbonyl (C=O) groups excluding carboxylic acids is 1. The van der Waals surface area contributed by atoms with Crippen molar-refractivity contribution in [1.29, 1.82) is 0 Å². The van der Waals surface area contributed by atoms with E-state index in [-0.39, 0.29) is 12.4 Å². The molecule has 0 aliphatic rings. The van der Waals surface area contributed by atoms with E-state index < -0.39 is 6.10 Å². The van der Waals surface area contributed by atoms with Gasteiger partial charge in [0.15, 0.2) is 0 Å². The Morgan fingerprint density at radius 2 is 2.20 bits per heavy atom. The molecule has 0 saturated heterocycles. The molecular formula is C10H21NO4. The molecule has 5 nitrogen and oxygen atoms in total. The van der Waals surface area contributed by atoms with Gasteiger partial charge in [0.2, 0.25) is 0 Å². The van der Waals surface area contributed by atoms with Gasteiger partial charge in [-0.3, -0.25) is 4.79 Å². The van der Waals surface area contributed by atoms with Gasteiger partial charge in [0, 0.05) is 20.2 Å². The molecule has 90 valence electrons. The highest BCUT2D eigenvalue weighted by atomic mass is 16.5. The SMILES string of the molecule is CCOC(=O)CC(O)CN(C)CCOC. The summed E-state index contributed by atoms with van der Waals surface area (Å²) in [5.41, 5.74) is 0. The van der Waals surface area contributed by atoms with E-state index in [1.54, 1.807) is 14.0 Å². The normalized spacial score (nSPS) is 12.9. The van der Waals surface area contributed by atoms with Crippen molar-refractivity contribution in [1.82, 2.24) is 4.90 Å². The van der Waals surface area contributed by atoms with Gasteiger partial charge < -0.3 is 19.5 Å². The molecule has 1 N–H and O–H groups in total. The number of methoxy groups -OCH3 is 1. The van der Waals surface area contributed by atoms with E-state index in [0.29, 0.717) is 19.8 Å². The van der Waals surface area contributed by atoms with Crippen LogP contribution in [0, 0.1) is 0 Å². The van der Waals surface area contributed by atoms with E-state index in [1.807, 2.05) is 11.9 Å². The van der Waals surface area contributed by atoms with Crippen LogP contribution in [0.4, 0.5) is 0 Å². The van der Waals surface area contributed by atoms with Crippen LogP contribution in [0.3, 0.4) is 0 Å². The fourth-order valence-corrected chi connectivity index (χ4v) is 1.18. The van der Waals surface area contributed by atoms with Crippen LogP contribution in [-0.2, 0) is 14.3 Å². The predicted octanol–water partition coefficient (Wildman–Crippen LogP) is -0.121. The van der Waals surface area contributed by atoms with Gasteiger partial charge in [-0.1, -0.05) is 0 Å². The van der Waals surface area contributed by atoms with E-state index in [0.717, 1.165) is 6.54 Å². The van der Waals surface area contributed by atoms with Gasteiger partial charge in [0.1, 0.15) is 0 Å². The predicted molar refractivity (Wildman–Crippen MR) is 56.6 cm³/mol. The van der Waals surface area contributed by atoms with Crippen molar-refractivity contribution >= 4 is 5.97 Å². The minimum Gasteiger partial charge on any atom is -0.466 e. The van der Waals surface area contributed by atoms with E-state index in [2.05, 4.69) is 0 Å². The van der Waals surface area contributed by atoms with Crippen molar-refractivity contribution in [2.24, 2.45) is 0 Å². The lowest BCUT2D eigenvalue weighted by molar-refractivity contribution is -0.145. The molecule has 0 fully saturated rings. The van der Waals surface area contributed by atoms with Gasteiger partial charge in [-0.15, -0.1) is 0 Å². The maximum Gasteiger partial charge on any atom is 0.308 e. The van der Waals surface area contributed by atoms with Crippen molar-refractivity contribution in [2.75, 3.05) is 40.5 Å². The maximum absolute atomic E-state index is 11.0. The first-order valence-corrected chi connectivity index (χ1v) is 5.11. The van der Waals surface area contributed by atoms with Crippen molar-refractivity contribution in [3.63, 3.8) is 0 Å². The molecule has 0 radical (unpaired) electrons. The molecule has 15 heavy (non-hydrogen) atoms. The summed E-state index contributed by atoms with van der Waals surface area (Å²) in [5, 5.41) is 9.53. The summed E-state index contributed by atoms with van der Waals surface area (Å²) >= 11 is 0. The molecule has 0 spiro atoms. The highest BCUT2D eigenvalue weighted by molar-refractivity contribution is 5.69. The fourth-order valence-electron chi connectivity index (χ4n) is 1.18. The number of esters is 1. The summed E-state index contributed by atoms with van der Waals surface area (Å²) in [4.78, 5) is 12.9. The smallest absolute Gasteiger partial charge is 0.308 e. The summed E-state index contributed by atoms with van der Waals surface area (Å²) < 4.78 is 9.63. The average Bonchev–Trinajstić information content (AvgIpc) is 2.14. The zero-order valence-electron chi connectivity index (χ0n) is 9.73. The topological polar surface area (TPSA) is 59.0 Å². The maximum atomic E-state index is 11.0. The molecule has 0 aliphatic carbocycles. The Hall–Kier alpha value is -0.650. The van der Waals surface area contributed by atoms with Gasteiger partial charge in [-0.25, -0.2) is 0 Å². The summed E-state index contributed by atoms with van der Waals surface area (Å²) in [5.74, 6) is -0.356. The highest BCUT2D eigenvalue weighted by Gasteiger charge is 2.13. The average molecular weight is 219 g/mol. The number of aliphatic hydroxyl groups is 1. The molecule has 0 saturated carbocycles. The number of likely N-dealkylation sites (N-methyl/N-ethyl adjacent to an activating group) is 1. The molecule has 0 aromatic heterocycles. The molecule has 1 unspecified atom stereocenters. The second-order valence-corrected chi connectivity index (χ2v) is 3.42. The standard InChI is InChI=1S/C10H21NO4/c1-4-15-10(13)7-9(12)8-11(2)5-6-14-3/h9,12H,4-8H2,1-3H3. The zero-order chi connectivity index (χ0) is 11.7. The molecule has 0 heterocycles. The molecule has 0 aromatic rings. The first kappa shape index (κ1) is 14.3. The number of nitrogens with zero attached hydrogens (tertiary/aromatic N) is 1. The Kier molecular flexibility index (Phi) is 8.27. The molecule has 0 bridgehead atoms. The number of hydrogen-bond acceptors (Lipinski definition) is 5. The Morgan fingerprint density at radius 1 is 1.53 bits per heavy atom. The lowest BCUT2D eigenvalue weighted by atomic mass is 10.2. The van der Waals surface area contributed by atoms with Crippen molar-refractivity contribution < 1.29 is 19.4 Å². The van der Waals surface area contributed by atoms with Crippen molar-refractivity contribution in [2.45, 2.75) is 19.4 Å². The molecule has 0 amide bonds. The van der Waals surface area contributed by atoms with Gasteiger partial charge in [-0.2, -0.15) is 0 Å². The minimum absolute atomic E-state index is 0.0468. The summed E-state index contributed by atoms with van der Waals surface area (Å²) in [6.45, 7) is 3.89. The van der Waals surface area contributed by atoms with Gasteiger partial charge in [0.25, 0.3) is 0 Å². The number of ether oxygens (including phenoxy) is 2. The monoisotopic (exact) mass is 219 g/mol. The third-order valence-electron chi connectivity index (χ3n) is 1.91. The summed E-state index contributed by atoms with van der Waals surface area (Å²) in [6, 6.07) is 0. The number of aliphatic hydroxyl groups excluding tert-OH is 1. The van der Waals surface area contributed by atoms with E-state index >= 15 is 0 Å². The molecule has 0 aromatic carbocycles. The van der Waals surface area contributed by atoms with Crippen LogP contribution in [0.1, 0.15) is 13.3 Å². The first-order valence-electron chi connectivity index (χ1n) is 5.11. The van der Waals surface area contributed by atoms with Crippen LogP contribution >= 0.6 is 0 Å². The van der Waals surface area contributed by atoms with Gasteiger partial charge >= 0.3 is 5.97 Å². The van der Waals surface area contributed by atoms with Crippen LogP contribution in [0.5, 0.6) is 0 Å². The van der Waals surface area contributed by atoms with Crippen LogP contribution in [-0.4, -0.2) is 62.5 Å². The molecular weight excluding hydrogens is 198 g/mol. The Morgan fingerprint density at radius 3 is 2.73 bits per heavy atom. The second-order valence-electron chi connectivity index (χ2n) is 3.42. The lowest BCUT2D eigenvalue weighted by Crippen LogP contribution is -2.33. The van der Waals surface area contributed by atoms with E-state index in [1.165, 1.54) is 0 Å². The molecule has 0 rings (SSSR count). The zero-order valence-corrected chi connectivity index (χ0v) is 9.73. The van der Waals surface area contributed by atoms with E-state index in [9.17, 15) is 9.90 Å². The Bertz CT molecular complexity index is 175. The van der Waals surface area contributed by atoms with Crippen molar-refractivity contribution in [3.8, 4) is 0 Å². The molecule has 1 atom stereocenters. The third-order valence-corrected chi connectivity index (χ3v) is 1.91. The second kappa shape index (κ2) is 8.64.